The second-order valence-corrected chi connectivity index (χ2v) is 23.4. The minimum Gasteiger partial charge on any atom is -0.356 e. The molecule has 2 heterocycles. The van der Waals surface area contributed by atoms with Gasteiger partial charge in [0, 0.05) is 62.9 Å². The van der Waals surface area contributed by atoms with E-state index in [9.17, 15) is 9.59 Å². The lowest BCUT2D eigenvalue weighted by Gasteiger charge is -2.39. The number of hydrogen-bond acceptors (Lipinski definition) is 6. The predicted octanol–water partition coefficient (Wildman–Crippen LogP) is 12.2. The molecular formula is C52H96N6O2. The van der Waals surface area contributed by atoms with Gasteiger partial charge in [0.15, 0.2) is 0 Å². The van der Waals surface area contributed by atoms with Crippen molar-refractivity contribution < 1.29 is 9.59 Å². The number of aliphatic imine (C=N–C) groups is 2. The van der Waals surface area contributed by atoms with E-state index in [1.54, 1.807) is 0 Å². The lowest BCUT2D eigenvalue weighted by molar-refractivity contribution is -0.122. The summed E-state index contributed by atoms with van der Waals surface area (Å²) in [6, 6.07) is 0. The Morgan fingerprint density at radius 1 is 0.550 bits per heavy atom. The molecule has 0 fully saturated rings. The largest absolute Gasteiger partial charge is 0.356 e. The van der Waals surface area contributed by atoms with E-state index < -0.39 is 0 Å². The Bertz CT molecular complexity index is 1400. The van der Waals surface area contributed by atoms with Crippen LogP contribution in [0.1, 0.15) is 200 Å². The van der Waals surface area contributed by atoms with Gasteiger partial charge in [0.2, 0.25) is 11.8 Å². The topological polar surface area (TPSA) is 89.4 Å². The van der Waals surface area contributed by atoms with Crippen molar-refractivity contribution in [3.63, 3.8) is 0 Å². The second-order valence-electron chi connectivity index (χ2n) is 23.4. The highest BCUT2D eigenvalue weighted by Crippen LogP contribution is 2.41. The maximum atomic E-state index is 12.6. The first-order valence-electron chi connectivity index (χ1n) is 24.3. The number of unbranched alkanes of at least 4 members (excludes halogenated alkanes) is 9. The fourth-order valence-electron chi connectivity index (χ4n) is 9.51. The van der Waals surface area contributed by atoms with Crippen LogP contribution in [0.15, 0.2) is 34.3 Å². The van der Waals surface area contributed by atoms with Crippen molar-refractivity contribution in [1.82, 2.24) is 20.4 Å². The van der Waals surface area contributed by atoms with Gasteiger partial charge >= 0.3 is 0 Å². The van der Waals surface area contributed by atoms with Crippen LogP contribution in [-0.4, -0.2) is 85.6 Å². The molecule has 0 saturated heterocycles. The van der Waals surface area contributed by atoms with Crippen molar-refractivity contribution in [3.8, 4) is 0 Å². The van der Waals surface area contributed by atoms with Crippen LogP contribution in [0.4, 0.5) is 0 Å². The minimum atomic E-state index is -0.0965. The van der Waals surface area contributed by atoms with Crippen LogP contribution in [0.3, 0.4) is 0 Å². The molecule has 2 N–H and O–H groups in total. The molecule has 8 heteroatoms. The maximum absolute atomic E-state index is 12.6. The molecule has 2 amide bonds. The summed E-state index contributed by atoms with van der Waals surface area (Å²) < 4.78 is 0. The monoisotopic (exact) mass is 837 g/mol. The fourth-order valence-corrected chi connectivity index (χ4v) is 9.51. The lowest BCUT2D eigenvalue weighted by Crippen LogP contribution is -2.44. The number of allylic oxidation sites excluding steroid dienone is 4. The van der Waals surface area contributed by atoms with Crippen LogP contribution >= 0.6 is 0 Å². The average Bonchev–Trinajstić information content (AvgIpc) is 3.79. The first kappa shape index (κ1) is 53.5. The first-order valence-corrected chi connectivity index (χ1v) is 24.3. The Morgan fingerprint density at radius 2 is 0.950 bits per heavy atom. The molecule has 0 aromatic carbocycles. The summed E-state index contributed by atoms with van der Waals surface area (Å²) in [4.78, 5) is 40.0. The molecule has 2 aliphatic heterocycles. The van der Waals surface area contributed by atoms with Gasteiger partial charge in [-0.05, 0) is 66.6 Å². The molecule has 0 saturated carbocycles. The Hall–Kier alpha value is -2.64. The molecule has 0 unspecified atom stereocenters. The van der Waals surface area contributed by atoms with Crippen LogP contribution in [0, 0.1) is 32.5 Å². The first-order chi connectivity index (χ1) is 27.8. The zero-order valence-corrected chi connectivity index (χ0v) is 41.9. The number of amidine groups is 2. The van der Waals surface area contributed by atoms with Crippen molar-refractivity contribution in [2.24, 2.45) is 42.5 Å². The summed E-state index contributed by atoms with van der Waals surface area (Å²) in [7, 11) is 0. The van der Waals surface area contributed by atoms with Gasteiger partial charge in [-0.15, -0.1) is 0 Å². The molecule has 0 atom stereocenters. The van der Waals surface area contributed by atoms with Gasteiger partial charge in [-0.3, -0.25) is 19.6 Å². The molecule has 0 aromatic heterocycles. The quantitative estimate of drug-likeness (QED) is 0.0580. The molecule has 2 rings (SSSR count). The Morgan fingerprint density at radius 3 is 1.37 bits per heavy atom. The molecule has 346 valence electrons. The smallest absolute Gasteiger partial charge is 0.220 e. The standard InChI is InChI=1S/C52H96N6O2/c1-47(2,3)29-25-21-17-15-16-19-23-27-43(59)53-33-37-57-39-35-55-45(57)51(11,12)41-49(7,8)31-32-50(9,10)42-52(13,14)46-56-36-40-58(46)38-34-54-44(60)28-24-20-18-22-26-30-48(4,5)6/h25,29,31-32H,15-24,26-28,30,33-42H2,1-14H3,(H,53,59)(H,54,60)/b29-25+,32-31+. The molecule has 60 heavy (non-hydrogen) atoms. The molecule has 0 aliphatic carbocycles. The van der Waals surface area contributed by atoms with E-state index in [0.29, 0.717) is 31.3 Å². The van der Waals surface area contributed by atoms with Crippen LogP contribution in [0.5, 0.6) is 0 Å². The van der Waals surface area contributed by atoms with Crippen LogP contribution < -0.4 is 10.6 Å². The molecule has 0 radical (unpaired) electrons. The lowest BCUT2D eigenvalue weighted by atomic mass is 9.70. The number of nitrogens with one attached hydrogen (secondary N) is 2. The summed E-state index contributed by atoms with van der Waals surface area (Å²) in [5.74, 6) is 2.70. The molecule has 0 aromatic rings. The fraction of sp³-hybridized carbons (Fsp3) is 0.846. The van der Waals surface area contributed by atoms with Gasteiger partial charge in [0.1, 0.15) is 11.7 Å². The SMILES string of the molecule is CC(C)(C)/C=C/CCCCCCCC(=O)NCCN1CCN=C1C(C)(C)CC(C)(C)/C=C/C(C)(C)CC(C)(C)C1=NCCN1CCNC(=O)CCCCCCCC(C)(C)C. The zero-order chi connectivity index (χ0) is 45.1. The van der Waals surface area contributed by atoms with Crippen molar-refractivity contribution in [1.29, 1.82) is 0 Å². The summed E-state index contributed by atoms with van der Waals surface area (Å²) in [5.41, 5.74) is 0.439. The van der Waals surface area contributed by atoms with Crippen molar-refractivity contribution in [3.05, 3.63) is 24.3 Å². The van der Waals surface area contributed by atoms with Crippen molar-refractivity contribution in [2.75, 3.05) is 52.4 Å². The highest BCUT2D eigenvalue weighted by atomic mass is 16.2. The Balaban J connectivity index is 1.76. The van der Waals surface area contributed by atoms with Gasteiger partial charge in [-0.2, -0.15) is 0 Å². The summed E-state index contributed by atoms with van der Waals surface area (Å²) in [5, 5.41) is 6.37. The molecule has 0 bridgehead atoms. The predicted molar refractivity (Wildman–Crippen MR) is 260 cm³/mol. The Labute approximate surface area is 371 Å². The van der Waals surface area contributed by atoms with Crippen LogP contribution in [0.25, 0.3) is 0 Å². The highest BCUT2D eigenvalue weighted by molar-refractivity contribution is 5.89. The average molecular weight is 837 g/mol. The zero-order valence-electron chi connectivity index (χ0n) is 41.9. The van der Waals surface area contributed by atoms with Crippen molar-refractivity contribution >= 4 is 23.5 Å². The van der Waals surface area contributed by atoms with Crippen LogP contribution in [-0.2, 0) is 9.59 Å². The summed E-state index contributed by atoms with van der Waals surface area (Å²) in [6.07, 6.45) is 26.8. The number of amides is 2. The third kappa shape index (κ3) is 23.0. The van der Waals surface area contributed by atoms with E-state index in [-0.39, 0.29) is 38.9 Å². The van der Waals surface area contributed by atoms with Gasteiger partial charge in [-0.25, -0.2) is 0 Å². The van der Waals surface area contributed by atoms with Gasteiger partial charge in [0.05, 0.1) is 13.1 Å². The third-order valence-corrected chi connectivity index (χ3v) is 12.0. The van der Waals surface area contributed by atoms with E-state index in [1.807, 2.05) is 0 Å². The number of carbonyl (C=O) groups excluding carboxylic acids is 2. The maximum Gasteiger partial charge on any atom is 0.220 e. The third-order valence-electron chi connectivity index (χ3n) is 12.0. The Kier molecular flexibility index (Phi) is 22.2. The van der Waals surface area contributed by atoms with E-state index in [0.717, 1.165) is 84.2 Å². The molecule has 0 spiro atoms. The second kappa shape index (κ2) is 24.9. The highest BCUT2D eigenvalue weighted by Gasteiger charge is 2.38. The van der Waals surface area contributed by atoms with Gasteiger partial charge < -0.3 is 20.4 Å². The van der Waals surface area contributed by atoms with E-state index in [2.05, 4.69) is 142 Å². The number of carbonyl (C=O) groups is 2. The number of rotatable bonds is 29. The summed E-state index contributed by atoms with van der Waals surface area (Å²) in [6.45, 7) is 38.8. The molecular weight excluding hydrogens is 741 g/mol. The number of hydrogen-bond donors (Lipinski definition) is 2. The van der Waals surface area contributed by atoms with E-state index in [4.69, 9.17) is 9.98 Å². The normalized spacial score (nSPS) is 16.0. The minimum absolute atomic E-state index is 0.0265. The molecule has 2 aliphatic rings. The van der Waals surface area contributed by atoms with Crippen LogP contribution in [0.2, 0.25) is 0 Å². The number of nitrogens with zero attached hydrogens (tertiary/aromatic N) is 4. The van der Waals surface area contributed by atoms with Gasteiger partial charge in [0.25, 0.3) is 0 Å². The van der Waals surface area contributed by atoms with E-state index >= 15 is 0 Å². The van der Waals surface area contributed by atoms with Gasteiger partial charge in [-0.1, -0.05) is 166 Å². The summed E-state index contributed by atoms with van der Waals surface area (Å²) >= 11 is 0. The van der Waals surface area contributed by atoms with E-state index in [1.165, 1.54) is 56.6 Å². The van der Waals surface area contributed by atoms with Crippen molar-refractivity contribution in [2.45, 2.75) is 200 Å². The molecule has 8 nitrogen and oxygen atoms in total.